The van der Waals surface area contributed by atoms with Crippen molar-refractivity contribution in [2.45, 2.75) is 13.3 Å². The third-order valence-electron chi connectivity index (χ3n) is 6.10. The first-order chi connectivity index (χ1) is 17.3. The summed E-state index contributed by atoms with van der Waals surface area (Å²) < 4.78 is 47.5. The highest BCUT2D eigenvalue weighted by Crippen LogP contribution is 2.38. The molecule has 0 aliphatic carbocycles. The van der Waals surface area contributed by atoms with Crippen LogP contribution in [0.2, 0.25) is 0 Å². The van der Waals surface area contributed by atoms with Gasteiger partial charge < -0.3 is 20.3 Å². The van der Waals surface area contributed by atoms with Gasteiger partial charge in [0.1, 0.15) is 5.82 Å². The summed E-state index contributed by atoms with van der Waals surface area (Å²) in [5.41, 5.74) is 4.16. The minimum Gasteiger partial charge on any atom is -0.492 e. The predicted octanol–water partition coefficient (Wildman–Crippen LogP) is 4.17. The Hall–Kier alpha value is -3.37. The van der Waals surface area contributed by atoms with Crippen molar-refractivity contribution in [3.8, 4) is 28.0 Å². The normalized spacial score (nSPS) is 13.9. The van der Waals surface area contributed by atoms with Crippen LogP contribution in [0.1, 0.15) is 13.3 Å². The van der Waals surface area contributed by atoms with Gasteiger partial charge in [0, 0.05) is 56.2 Å². The summed E-state index contributed by atoms with van der Waals surface area (Å²) in [6.07, 6.45) is 2.20. The van der Waals surface area contributed by atoms with E-state index in [1.807, 2.05) is 6.07 Å². The Bertz CT molecular complexity index is 1310. The number of sulfonamides is 1. The topological polar surface area (TPSA) is 95.6 Å². The van der Waals surface area contributed by atoms with Crippen LogP contribution in [-0.4, -0.2) is 59.5 Å². The fourth-order valence-corrected chi connectivity index (χ4v) is 5.48. The van der Waals surface area contributed by atoms with Crippen LogP contribution in [0.4, 0.5) is 21.6 Å². The zero-order valence-electron chi connectivity index (χ0n) is 20.8. The van der Waals surface area contributed by atoms with Crippen molar-refractivity contribution in [2.75, 3.05) is 61.0 Å². The van der Waals surface area contributed by atoms with Gasteiger partial charge in [-0.05, 0) is 47.9 Å². The van der Waals surface area contributed by atoms with Crippen LogP contribution < -0.4 is 25.0 Å². The molecule has 1 aliphatic heterocycles. The number of ether oxygens (including phenoxy) is 1. The van der Waals surface area contributed by atoms with Crippen molar-refractivity contribution in [1.82, 2.24) is 10.3 Å². The number of methoxy groups -OCH3 is 1. The van der Waals surface area contributed by atoms with E-state index in [0.29, 0.717) is 23.4 Å². The summed E-state index contributed by atoms with van der Waals surface area (Å²) in [5.74, 6) is -0.359. The van der Waals surface area contributed by atoms with Crippen molar-refractivity contribution in [3.05, 3.63) is 54.5 Å². The van der Waals surface area contributed by atoms with Gasteiger partial charge in [0.15, 0.2) is 11.6 Å². The SMILES string of the molecule is CCCS(=O)(=O)Nc1cc(-c2cc(-c3ccc(N4CCNCC4)cc3)cnc2NC)cc(F)c1OC. The number of nitrogens with one attached hydrogen (secondary N) is 3. The Kier molecular flexibility index (Phi) is 7.95. The van der Waals surface area contributed by atoms with Gasteiger partial charge in [-0.15, -0.1) is 0 Å². The maximum absolute atomic E-state index is 15.0. The first-order valence-electron chi connectivity index (χ1n) is 12.0. The molecule has 2 heterocycles. The van der Waals surface area contributed by atoms with Crippen molar-refractivity contribution in [2.24, 2.45) is 0 Å². The zero-order chi connectivity index (χ0) is 25.7. The Morgan fingerprint density at radius 1 is 1.08 bits per heavy atom. The van der Waals surface area contributed by atoms with Gasteiger partial charge in [-0.25, -0.2) is 17.8 Å². The van der Waals surface area contributed by atoms with E-state index >= 15 is 4.39 Å². The predicted molar refractivity (Wildman–Crippen MR) is 144 cm³/mol. The second kappa shape index (κ2) is 11.1. The molecule has 0 amide bonds. The minimum absolute atomic E-state index is 0.0498. The Morgan fingerprint density at radius 2 is 1.81 bits per heavy atom. The number of halogens is 1. The molecule has 0 bridgehead atoms. The van der Waals surface area contributed by atoms with E-state index < -0.39 is 15.8 Å². The third kappa shape index (κ3) is 5.71. The molecule has 0 radical (unpaired) electrons. The van der Waals surface area contributed by atoms with E-state index in [1.165, 1.54) is 18.9 Å². The van der Waals surface area contributed by atoms with Gasteiger partial charge in [0.25, 0.3) is 0 Å². The average Bonchev–Trinajstić information content (AvgIpc) is 2.88. The molecule has 1 fully saturated rings. The molecular formula is C26H32FN5O3S. The lowest BCUT2D eigenvalue weighted by Crippen LogP contribution is -2.43. The Balaban J connectivity index is 1.72. The second-order valence-corrected chi connectivity index (χ2v) is 10.5. The molecule has 3 aromatic rings. The number of hydrogen-bond donors (Lipinski definition) is 3. The summed E-state index contributed by atoms with van der Waals surface area (Å²) in [5, 5.41) is 6.40. The van der Waals surface area contributed by atoms with Crippen LogP contribution in [0.15, 0.2) is 48.7 Å². The van der Waals surface area contributed by atoms with E-state index in [2.05, 4.69) is 49.5 Å². The van der Waals surface area contributed by atoms with Crippen molar-refractivity contribution in [3.63, 3.8) is 0 Å². The van der Waals surface area contributed by atoms with Crippen LogP contribution in [0.3, 0.4) is 0 Å². The molecule has 1 aliphatic rings. The molecule has 10 heteroatoms. The van der Waals surface area contributed by atoms with E-state index in [9.17, 15) is 8.42 Å². The van der Waals surface area contributed by atoms with Crippen molar-refractivity contribution >= 4 is 27.2 Å². The monoisotopic (exact) mass is 513 g/mol. The number of pyridine rings is 1. The molecule has 0 atom stereocenters. The number of rotatable bonds is 9. The van der Waals surface area contributed by atoms with Gasteiger partial charge in [0.05, 0.1) is 18.6 Å². The standard InChI is InChI=1S/C26H32FN5O3S/c1-4-13-36(33,34)31-24-16-19(15-23(27)25(24)35-3)22-14-20(17-30-26(22)28-2)18-5-7-21(8-6-18)32-11-9-29-10-12-32/h5-8,14-17,29,31H,4,9-13H2,1-3H3,(H,28,30). The molecule has 192 valence electrons. The largest absolute Gasteiger partial charge is 0.492 e. The van der Waals surface area contributed by atoms with Crippen molar-refractivity contribution in [1.29, 1.82) is 0 Å². The number of piperazine rings is 1. The third-order valence-corrected chi connectivity index (χ3v) is 7.58. The molecule has 36 heavy (non-hydrogen) atoms. The molecule has 0 spiro atoms. The number of benzene rings is 2. The average molecular weight is 514 g/mol. The van der Waals surface area contributed by atoms with Crippen LogP contribution in [0.25, 0.3) is 22.3 Å². The van der Waals surface area contributed by atoms with Gasteiger partial charge >= 0.3 is 0 Å². The highest BCUT2D eigenvalue weighted by Gasteiger charge is 2.20. The molecular weight excluding hydrogens is 481 g/mol. The number of anilines is 3. The van der Waals surface area contributed by atoms with Gasteiger partial charge in [0.2, 0.25) is 10.0 Å². The summed E-state index contributed by atoms with van der Waals surface area (Å²) in [7, 11) is -0.608. The Labute approximate surface area is 211 Å². The minimum atomic E-state index is -3.65. The van der Waals surface area contributed by atoms with Gasteiger partial charge in [-0.3, -0.25) is 4.72 Å². The molecule has 0 unspecified atom stereocenters. The first kappa shape index (κ1) is 25.7. The molecule has 1 aromatic heterocycles. The lowest BCUT2D eigenvalue weighted by atomic mass is 10.00. The second-order valence-electron chi connectivity index (χ2n) is 8.61. The molecule has 4 rings (SSSR count). The molecule has 8 nitrogen and oxygen atoms in total. The Morgan fingerprint density at radius 3 is 2.44 bits per heavy atom. The lowest BCUT2D eigenvalue weighted by Gasteiger charge is -2.29. The van der Waals surface area contributed by atoms with Crippen LogP contribution in [0, 0.1) is 5.82 Å². The van der Waals surface area contributed by atoms with Crippen LogP contribution >= 0.6 is 0 Å². The van der Waals surface area contributed by atoms with Crippen LogP contribution in [-0.2, 0) is 10.0 Å². The molecule has 3 N–H and O–H groups in total. The maximum atomic E-state index is 15.0. The fraction of sp³-hybridized carbons (Fsp3) is 0.346. The molecule has 1 saturated heterocycles. The maximum Gasteiger partial charge on any atom is 0.232 e. The van der Waals surface area contributed by atoms with E-state index in [1.54, 1.807) is 26.2 Å². The fourth-order valence-electron chi connectivity index (χ4n) is 4.35. The first-order valence-corrected chi connectivity index (χ1v) is 13.6. The van der Waals surface area contributed by atoms with Crippen molar-refractivity contribution < 1.29 is 17.5 Å². The van der Waals surface area contributed by atoms with Gasteiger partial charge in [-0.2, -0.15) is 0 Å². The van der Waals surface area contributed by atoms with E-state index in [0.717, 1.165) is 37.3 Å². The van der Waals surface area contributed by atoms with Crippen LogP contribution in [0.5, 0.6) is 5.75 Å². The zero-order valence-corrected chi connectivity index (χ0v) is 21.6. The summed E-state index contributed by atoms with van der Waals surface area (Å²) >= 11 is 0. The molecule has 2 aromatic carbocycles. The number of aromatic nitrogens is 1. The van der Waals surface area contributed by atoms with E-state index in [-0.39, 0.29) is 17.2 Å². The smallest absolute Gasteiger partial charge is 0.232 e. The van der Waals surface area contributed by atoms with Gasteiger partial charge in [-0.1, -0.05) is 19.1 Å². The van der Waals surface area contributed by atoms with E-state index in [4.69, 9.17) is 4.74 Å². The quantitative estimate of drug-likeness (QED) is 0.395. The summed E-state index contributed by atoms with van der Waals surface area (Å²) in [6, 6.07) is 13.1. The summed E-state index contributed by atoms with van der Waals surface area (Å²) in [4.78, 5) is 6.89. The number of hydrogen-bond acceptors (Lipinski definition) is 7. The molecule has 0 saturated carbocycles. The number of nitrogens with zero attached hydrogens (tertiary/aromatic N) is 2. The highest BCUT2D eigenvalue weighted by atomic mass is 32.2. The highest BCUT2D eigenvalue weighted by molar-refractivity contribution is 7.92. The summed E-state index contributed by atoms with van der Waals surface area (Å²) in [6.45, 7) is 5.63. The lowest BCUT2D eigenvalue weighted by molar-refractivity contribution is 0.389.